The molecule has 1 saturated heterocycles. The molecule has 2 aromatic rings. The monoisotopic (exact) mass is 278 g/mol. The van der Waals surface area contributed by atoms with Crippen LogP contribution in [0.1, 0.15) is 11.9 Å². The largest absolute Gasteiger partial charge is 0.399 e. The zero-order chi connectivity index (χ0) is 14.1. The summed E-state index contributed by atoms with van der Waals surface area (Å²) >= 11 is 0. The molecule has 2 N–H and O–H groups in total. The van der Waals surface area contributed by atoms with Gasteiger partial charge in [0.1, 0.15) is 11.9 Å². The minimum Gasteiger partial charge on any atom is -0.399 e. The summed E-state index contributed by atoms with van der Waals surface area (Å²) in [5.74, 6) is 0.0890. The Morgan fingerprint density at radius 2 is 2.30 bits per heavy atom. The summed E-state index contributed by atoms with van der Waals surface area (Å²) in [6.45, 7) is 2.15. The molecule has 3 rings (SSSR count). The number of halogens is 1. The fourth-order valence-electron chi connectivity index (χ4n) is 2.12. The topological polar surface area (TPSA) is 77.4 Å². The van der Waals surface area contributed by atoms with Crippen LogP contribution in [0, 0.1) is 5.82 Å². The maximum absolute atomic E-state index is 13.7. The number of nitrogens with two attached hydrogens (primary N) is 1. The van der Waals surface area contributed by atoms with Crippen LogP contribution in [0.15, 0.2) is 22.7 Å². The first-order valence-electron chi connectivity index (χ1n) is 6.32. The Morgan fingerprint density at radius 3 is 3.10 bits per heavy atom. The van der Waals surface area contributed by atoms with E-state index in [-0.39, 0.29) is 17.6 Å². The minimum atomic E-state index is -0.448. The maximum atomic E-state index is 13.7. The lowest BCUT2D eigenvalue weighted by molar-refractivity contribution is -0.0264. The van der Waals surface area contributed by atoms with E-state index in [1.54, 1.807) is 0 Å². The Kier molecular flexibility index (Phi) is 3.37. The molecule has 0 bridgehead atoms. The lowest BCUT2D eigenvalue weighted by Crippen LogP contribution is -2.35. The number of hydrogen-bond acceptors (Lipinski definition) is 6. The zero-order valence-corrected chi connectivity index (χ0v) is 11.0. The quantitative estimate of drug-likeness (QED) is 0.838. The Balaban J connectivity index is 1.88. The van der Waals surface area contributed by atoms with E-state index >= 15 is 0 Å². The van der Waals surface area contributed by atoms with E-state index in [0.29, 0.717) is 24.7 Å². The lowest BCUT2D eigenvalue weighted by atomic mass is 10.2. The van der Waals surface area contributed by atoms with Gasteiger partial charge in [-0.3, -0.25) is 0 Å². The van der Waals surface area contributed by atoms with Crippen molar-refractivity contribution in [2.75, 3.05) is 32.5 Å². The van der Waals surface area contributed by atoms with Gasteiger partial charge >= 0.3 is 0 Å². The van der Waals surface area contributed by atoms with Gasteiger partial charge in [0.25, 0.3) is 5.89 Å². The van der Waals surface area contributed by atoms with E-state index < -0.39 is 5.82 Å². The van der Waals surface area contributed by atoms with E-state index in [1.807, 2.05) is 7.05 Å². The summed E-state index contributed by atoms with van der Waals surface area (Å²) in [6.07, 6.45) is -0.254. The van der Waals surface area contributed by atoms with Gasteiger partial charge in [0.15, 0.2) is 0 Å². The lowest BCUT2D eigenvalue weighted by Gasteiger charge is -2.27. The van der Waals surface area contributed by atoms with Crippen LogP contribution >= 0.6 is 0 Å². The van der Waals surface area contributed by atoms with Crippen molar-refractivity contribution in [2.45, 2.75) is 6.10 Å². The van der Waals surface area contributed by atoms with Crippen molar-refractivity contribution < 1.29 is 13.7 Å². The number of benzene rings is 1. The van der Waals surface area contributed by atoms with Gasteiger partial charge in [0, 0.05) is 18.8 Å². The second kappa shape index (κ2) is 5.18. The molecule has 0 amide bonds. The highest BCUT2D eigenvalue weighted by Crippen LogP contribution is 2.26. The number of nitrogens with zero attached hydrogens (tertiary/aromatic N) is 3. The number of rotatable bonds is 2. The van der Waals surface area contributed by atoms with Crippen LogP contribution in [0.25, 0.3) is 11.5 Å². The fraction of sp³-hybridized carbons (Fsp3) is 0.385. The van der Waals surface area contributed by atoms with Crippen LogP contribution in [-0.2, 0) is 4.74 Å². The summed E-state index contributed by atoms with van der Waals surface area (Å²) in [5, 5.41) is 3.88. The average Bonchev–Trinajstić information content (AvgIpc) is 2.91. The number of morpholine rings is 1. The number of ether oxygens (including phenoxy) is 1. The first kappa shape index (κ1) is 13.0. The van der Waals surface area contributed by atoms with E-state index in [9.17, 15) is 4.39 Å². The number of aromatic nitrogens is 2. The molecule has 1 aliphatic heterocycles. The molecule has 7 heteroatoms. The van der Waals surface area contributed by atoms with Crippen molar-refractivity contribution in [1.29, 1.82) is 0 Å². The van der Waals surface area contributed by atoms with Crippen molar-refractivity contribution in [1.82, 2.24) is 15.0 Å². The summed E-state index contributed by atoms with van der Waals surface area (Å²) in [6, 6.07) is 4.23. The Labute approximate surface area is 115 Å². The molecule has 1 unspecified atom stereocenters. The van der Waals surface area contributed by atoms with Crippen molar-refractivity contribution in [3.05, 3.63) is 29.8 Å². The van der Waals surface area contributed by atoms with Crippen LogP contribution in [-0.4, -0.2) is 41.8 Å². The predicted molar refractivity (Wildman–Crippen MR) is 70.3 cm³/mol. The van der Waals surface area contributed by atoms with E-state index in [0.717, 1.165) is 6.54 Å². The van der Waals surface area contributed by atoms with Crippen LogP contribution < -0.4 is 5.73 Å². The molecule has 1 aromatic carbocycles. The third-order valence-corrected chi connectivity index (χ3v) is 3.22. The molecule has 0 spiro atoms. The predicted octanol–water partition coefficient (Wildman–Crippen LogP) is 1.46. The Morgan fingerprint density at radius 1 is 1.45 bits per heavy atom. The molecule has 1 aromatic heterocycles. The van der Waals surface area contributed by atoms with Crippen LogP contribution in [0.5, 0.6) is 0 Å². The second-order valence-corrected chi connectivity index (χ2v) is 4.82. The molecule has 106 valence electrons. The highest BCUT2D eigenvalue weighted by atomic mass is 19.1. The molecule has 2 heterocycles. The van der Waals surface area contributed by atoms with Gasteiger partial charge in [-0.15, -0.1) is 0 Å². The number of likely N-dealkylation sites (N-methyl/N-ethyl adjacent to an activating group) is 1. The summed E-state index contributed by atoms with van der Waals surface area (Å²) in [4.78, 5) is 6.33. The normalized spacial score (nSPS) is 20.2. The summed E-state index contributed by atoms with van der Waals surface area (Å²) in [7, 11) is 1.99. The SMILES string of the molecule is CN1CCOC(c2noc(-c3cc(N)ccc3F)n2)C1. The van der Waals surface area contributed by atoms with E-state index in [2.05, 4.69) is 15.0 Å². The Hall–Kier alpha value is -1.99. The molecule has 1 atom stereocenters. The minimum absolute atomic E-state index is 0.113. The molecule has 0 saturated carbocycles. The highest BCUT2D eigenvalue weighted by molar-refractivity contribution is 5.60. The average molecular weight is 278 g/mol. The van der Waals surface area contributed by atoms with Crippen LogP contribution in [0.2, 0.25) is 0 Å². The third kappa shape index (κ3) is 2.50. The smallest absolute Gasteiger partial charge is 0.261 e. The molecule has 0 radical (unpaired) electrons. The van der Waals surface area contributed by atoms with Gasteiger partial charge in [-0.2, -0.15) is 4.98 Å². The van der Waals surface area contributed by atoms with Gasteiger partial charge in [-0.25, -0.2) is 4.39 Å². The molecule has 1 fully saturated rings. The summed E-state index contributed by atoms with van der Waals surface area (Å²) in [5.41, 5.74) is 6.29. The van der Waals surface area contributed by atoms with Crippen molar-refractivity contribution >= 4 is 5.69 Å². The van der Waals surface area contributed by atoms with Gasteiger partial charge in [-0.1, -0.05) is 5.16 Å². The van der Waals surface area contributed by atoms with Gasteiger partial charge in [0.2, 0.25) is 5.82 Å². The molecule has 0 aliphatic carbocycles. The van der Waals surface area contributed by atoms with Crippen molar-refractivity contribution in [2.24, 2.45) is 0 Å². The van der Waals surface area contributed by atoms with Gasteiger partial charge in [0.05, 0.1) is 12.2 Å². The number of anilines is 1. The second-order valence-electron chi connectivity index (χ2n) is 4.82. The van der Waals surface area contributed by atoms with E-state index in [1.165, 1.54) is 18.2 Å². The van der Waals surface area contributed by atoms with Gasteiger partial charge < -0.3 is 19.9 Å². The molecule has 1 aliphatic rings. The number of hydrogen-bond donors (Lipinski definition) is 1. The standard InChI is InChI=1S/C13H15FN4O2/c1-18-4-5-19-11(7-18)12-16-13(20-17-12)9-6-8(15)2-3-10(9)14/h2-3,6,11H,4-5,7,15H2,1H3. The molecular formula is C13H15FN4O2. The zero-order valence-electron chi connectivity index (χ0n) is 11.0. The van der Waals surface area contributed by atoms with Crippen molar-refractivity contribution in [3.63, 3.8) is 0 Å². The third-order valence-electron chi connectivity index (χ3n) is 3.22. The van der Waals surface area contributed by atoms with Crippen LogP contribution in [0.3, 0.4) is 0 Å². The number of nitrogen functional groups attached to an aromatic ring is 1. The van der Waals surface area contributed by atoms with E-state index in [4.69, 9.17) is 15.0 Å². The molecule has 20 heavy (non-hydrogen) atoms. The maximum Gasteiger partial charge on any atom is 0.261 e. The first-order chi connectivity index (χ1) is 9.63. The fourth-order valence-corrected chi connectivity index (χ4v) is 2.12. The van der Waals surface area contributed by atoms with Crippen molar-refractivity contribution in [3.8, 4) is 11.5 Å². The first-order valence-corrected chi connectivity index (χ1v) is 6.32. The summed E-state index contributed by atoms with van der Waals surface area (Å²) < 4.78 is 24.5. The Bertz CT molecular complexity index is 616. The van der Waals surface area contributed by atoms with Gasteiger partial charge in [-0.05, 0) is 25.2 Å². The molecular weight excluding hydrogens is 263 g/mol. The van der Waals surface area contributed by atoms with Crippen LogP contribution in [0.4, 0.5) is 10.1 Å². The molecule has 6 nitrogen and oxygen atoms in total. The highest BCUT2D eigenvalue weighted by Gasteiger charge is 2.25.